The molecular formula is C20H20FN3O3. The van der Waals surface area contributed by atoms with Crippen LogP contribution < -0.4 is 10.6 Å². The number of amides is 2. The van der Waals surface area contributed by atoms with Crippen LogP contribution in [0, 0.1) is 5.82 Å². The van der Waals surface area contributed by atoms with Gasteiger partial charge < -0.3 is 20.4 Å². The van der Waals surface area contributed by atoms with Crippen LogP contribution in [0.15, 0.2) is 54.7 Å². The Labute approximate surface area is 155 Å². The Morgan fingerprint density at radius 2 is 1.89 bits per heavy atom. The van der Waals surface area contributed by atoms with Gasteiger partial charge in [-0.05, 0) is 35.7 Å². The van der Waals surface area contributed by atoms with Gasteiger partial charge in [0.05, 0.1) is 6.54 Å². The molecule has 0 bridgehead atoms. The van der Waals surface area contributed by atoms with E-state index in [1.807, 2.05) is 30.3 Å². The molecule has 0 aliphatic rings. The third-order valence-electron chi connectivity index (χ3n) is 4.05. The van der Waals surface area contributed by atoms with Crippen molar-refractivity contribution in [3.8, 4) is 0 Å². The first-order chi connectivity index (χ1) is 13.1. The lowest BCUT2D eigenvalue weighted by Gasteiger charge is -2.08. The van der Waals surface area contributed by atoms with Gasteiger partial charge in [0.25, 0.3) is 0 Å². The molecular weight excluding hydrogens is 349 g/mol. The van der Waals surface area contributed by atoms with Gasteiger partial charge in [-0.1, -0.05) is 30.3 Å². The fourth-order valence-corrected chi connectivity index (χ4v) is 2.69. The number of carbonyl (C=O) groups excluding carboxylic acids is 2. The molecule has 0 aliphatic carbocycles. The molecule has 0 saturated heterocycles. The topological polar surface area (TPSA) is 83.2 Å². The number of benzene rings is 2. The molecule has 3 rings (SSSR count). The molecule has 0 spiro atoms. The Bertz CT molecular complexity index is 925. The quantitative estimate of drug-likeness (QED) is 0.599. The normalized spacial score (nSPS) is 10.6. The summed E-state index contributed by atoms with van der Waals surface area (Å²) in [4.78, 5) is 26.4. The lowest BCUT2D eigenvalue weighted by Crippen LogP contribution is -2.37. The molecule has 0 saturated carbocycles. The molecule has 1 aromatic heterocycles. The fourth-order valence-electron chi connectivity index (χ4n) is 2.69. The highest BCUT2D eigenvalue weighted by Crippen LogP contribution is 2.19. The Hall–Kier alpha value is -3.35. The molecule has 3 N–H and O–H groups in total. The van der Waals surface area contributed by atoms with Crippen molar-refractivity contribution < 1.29 is 18.7 Å². The minimum absolute atomic E-state index is 0.148. The summed E-state index contributed by atoms with van der Waals surface area (Å²) in [5.41, 5.74) is 2.58. The number of nitrogens with one attached hydrogen (secondary N) is 3. The molecule has 2 amide bonds. The number of hydrogen-bond donors (Lipinski definition) is 3. The zero-order chi connectivity index (χ0) is 19.1. The smallest absolute Gasteiger partial charge is 0.407 e. The van der Waals surface area contributed by atoms with Crippen molar-refractivity contribution in [2.24, 2.45) is 0 Å². The SMILES string of the molecule is O=C(CNC(=O)OCc1ccccc1)NCCc1c[nH]c2cc(F)ccc12. The maximum absolute atomic E-state index is 13.2. The summed E-state index contributed by atoms with van der Waals surface area (Å²) in [5, 5.41) is 6.06. The molecule has 0 aliphatic heterocycles. The van der Waals surface area contributed by atoms with Crippen LogP contribution in [0.3, 0.4) is 0 Å². The molecule has 6 nitrogen and oxygen atoms in total. The summed E-state index contributed by atoms with van der Waals surface area (Å²) < 4.78 is 18.2. The molecule has 0 radical (unpaired) electrons. The summed E-state index contributed by atoms with van der Waals surface area (Å²) in [6.07, 6.45) is 1.75. The number of aromatic nitrogens is 1. The molecule has 2 aromatic carbocycles. The van der Waals surface area contributed by atoms with Gasteiger partial charge in [-0.25, -0.2) is 9.18 Å². The number of ether oxygens (including phenoxy) is 1. The number of carbonyl (C=O) groups is 2. The summed E-state index contributed by atoms with van der Waals surface area (Å²) in [7, 11) is 0. The van der Waals surface area contributed by atoms with E-state index >= 15 is 0 Å². The minimum Gasteiger partial charge on any atom is -0.445 e. The summed E-state index contributed by atoms with van der Waals surface area (Å²) in [5.74, 6) is -0.605. The second kappa shape index (κ2) is 8.84. The standard InChI is InChI=1S/C20H20FN3O3/c21-16-6-7-17-15(11-23-18(17)10-16)8-9-22-19(25)12-24-20(26)27-13-14-4-2-1-3-5-14/h1-7,10-11,23H,8-9,12-13H2,(H,22,25)(H,24,26). The highest BCUT2D eigenvalue weighted by atomic mass is 19.1. The van der Waals surface area contributed by atoms with Crippen LogP contribution in [0.1, 0.15) is 11.1 Å². The highest BCUT2D eigenvalue weighted by molar-refractivity contribution is 5.84. The minimum atomic E-state index is -0.646. The highest BCUT2D eigenvalue weighted by Gasteiger charge is 2.08. The van der Waals surface area contributed by atoms with Crippen LogP contribution in [0.25, 0.3) is 10.9 Å². The third-order valence-corrected chi connectivity index (χ3v) is 4.05. The van der Waals surface area contributed by atoms with Crippen LogP contribution in [-0.4, -0.2) is 30.1 Å². The number of aromatic amines is 1. The van der Waals surface area contributed by atoms with E-state index in [-0.39, 0.29) is 24.9 Å². The zero-order valence-corrected chi connectivity index (χ0v) is 14.6. The third kappa shape index (κ3) is 5.31. The van der Waals surface area contributed by atoms with E-state index in [9.17, 15) is 14.0 Å². The first-order valence-corrected chi connectivity index (χ1v) is 8.58. The van der Waals surface area contributed by atoms with Crippen molar-refractivity contribution in [3.63, 3.8) is 0 Å². The van der Waals surface area contributed by atoms with Gasteiger partial charge in [0, 0.05) is 23.6 Å². The molecule has 27 heavy (non-hydrogen) atoms. The number of H-pyrrole nitrogens is 1. The summed E-state index contributed by atoms with van der Waals surface area (Å²) >= 11 is 0. The Morgan fingerprint density at radius 3 is 2.70 bits per heavy atom. The van der Waals surface area contributed by atoms with Gasteiger partial charge in [0.15, 0.2) is 0 Å². The van der Waals surface area contributed by atoms with Crippen LogP contribution in [0.2, 0.25) is 0 Å². The predicted molar refractivity (Wildman–Crippen MR) is 99.6 cm³/mol. The van der Waals surface area contributed by atoms with Crippen molar-refractivity contribution in [2.75, 3.05) is 13.1 Å². The molecule has 0 unspecified atom stereocenters. The Balaban J connectivity index is 1.36. The summed E-state index contributed by atoms with van der Waals surface area (Å²) in [6.45, 7) is 0.395. The van der Waals surface area contributed by atoms with E-state index in [0.29, 0.717) is 13.0 Å². The van der Waals surface area contributed by atoms with E-state index in [4.69, 9.17) is 4.74 Å². The molecule has 1 heterocycles. The first-order valence-electron chi connectivity index (χ1n) is 8.58. The lowest BCUT2D eigenvalue weighted by molar-refractivity contribution is -0.120. The van der Waals surface area contributed by atoms with Gasteiger partial charge in [0.1, 0.15) is 12.4 Å². The summed E-state index contributed by atoms with van der Waals surface area (Å²) in [6, 6.07) is 13.8. The maximum atomic E-state index is 13.2. The molecule has 0 atom stereocenters. The predicted octanol–water partition coefficient (Wildman–Crippen LogP) is 2.89. The van der Waals surface area contributed by atoms with E-state index in [0.717, 1.165) is 22.0 Å². The average Bonchev–Trinajstić information content (AvgIpc) is 3.07. The van der Waals surface area contributed by atoms with E-state index in [1.165, 1.54) is 12.1 Å². The van der Waals surface area contributed by atoms with Crippen molar-refractivity contribution in [1.82, 2.24) is 15.6 Å². The lowest BCUT2D eigenvalue weighted by atomic mass is 10.1. The molecule has 7 heteroatoms. The van der Waals surface area contributed by atoms with Gasteiger partial charge in [-0.2, -0.15) is 0 Å². The molecule has 3 aromatic rings. The average molecular weight is 369 g/mol. The van der Waals surface area contributed by atoms with Crippen molar-refractivity contribution in [1.29, 1.82) is 0 Å². The van der Waals surface area contributed by atoms with Crippen molar-refractivity contribution in [2.45, 2.75) is 13.0 Å². The number of fused-ring (bicyclic) bond motifs is 1. The largest absolute Gasteiger partial charge is 0.445 e. The Kier molecular flexibility index (Phi) is 6.04. The number of hydrogen-bond acceptors (Lipinski definition) is 3. The number of alkyl carbamates (subject to hydrolysis) is 1. The van der Waals surface area contributed by atoms with Gasteiger partial charge >= 0.3 is 6.09 Å². The van der Waals surface area contributed by atoms with Crippen LogP contribution in [0.4, 0.5) is 9.18 Å². The molecule has 0 fully saturated rings. The monoisotopic (exact) mass is 369 g/mol. The van der Waals surface area contributed by atoms with E-state index < -0.39 is 6.09 Å². The number of rotatable bonds is 7. The first kappa shape index (κ1) is 18.4. The fraction of sp³-hybridized carbons (Fsp3) is 0.200. The van der Waals surface area contributed by atoms with Crippen LogP contribution in [-0.2, 0) is 22.6 Å². The maximum Gasteiger partial charge on any atom is 0.407 e. The zero-order valence-electron chi connectivity index (χ0n) is 14.6. The van der Waals surface area contributed by atoms with Crippen LogP contribution in [0.5, 0.6) is 0 Å². The van der Waals surface area contributed by atoms with E-state index in [1.54, 1.807) is 12.3 Å². The number of halogens is 1. The second-order valence-electron chi connectivity index (χ2n) is 6.02. The van der Waals surface area contributed by atoms with Gasteiger partial charge in [-0.3, -0.25) is 4.79 Å². The second-order valence-corrected chi connectivity index (χ2v) is 6.02. The van der Waals surface area contributed by atoms with Crippen LogP contribution >= 0.6 is 0 Å². The molecule has 140 valence electrons. The van der Waals surface area contributed by atoms with Gasteiger partial charge in [-0.15, -0.1) is 0 Å². The van der Waals surface area contributed by atoms with Crippen molar-refractivity contribution in [3.05, 3.63) is 71.7 Å². The van der Waals surface area contributed by atoms with Gasteiger partial charge in [0.2, 0.25) is 5.91 Å². The Morgan fingerprint density at radius 1 is 1.07 bits per heavy atom. The van der Waals surface area contributed by atoms with Crippen molar-refractivity contribution >= 4 is 22.9 Å². The van der Waals surface area contributed by atoms with E-state index in [2.05, 4.69) is 15.6 Å².